The number of nitrogens with zero attached hydrogens (tertiary/aromatic N) is 1. The molecule has 3 atom stereocenters. The first-order chi connectivity index (χ1) is 16.5. The van der Waals surface area contributed by atoms with Crippen LogP contribution in [0.5, 0.6) is 0 Å². The maximum atomic E-state index is 14.4. The van der Waals surface area contributed by atoms with E-state index in [2.05, 4.69) is 20.9 Å². The summed E-state index contributed by atoms with van der Waals surface area (Å²) < 4.78 is 14.4. The summed E-state index contributed by atoms with van der Waals surface area (Å²) >= 11 is 7.44. The minimum absolute atomic E-state index is 0.0392. The maximum absolute atomic E-state index is 14.4. The summed E-state index contributed by atoms with van der Waals surface area (Å²) in [7, 11) is 0. The molecule has 9 heteroatoms. The molecule has 34 heavy (non-hydrogen) atoms. The third-order valence-corrected chi connectivity index (χ3v) is 8.06. The second kappa shape index (κ2) is 10.1. The highest BCUT2D eigenvalue weighted by molar-refractivity contribution is 8.04. The minimum Gasteiger partial charge on any atom is -0.352 e. The van der Waals surface area contributed by atoms with Crippen LogP contribution in [0.4, 0.5) is 4.39 Å². The molecule has 0 bridgehead atoms. The second-order valence-corrected chi connectivity index (χ2v) is 10.3. The Morgan fingerprint density at radius 3 is 2.74 bits per heavy atom. The lowest BCUT2D eigenvalue weighted by atomic mass is 9.94. The van der Waals surface area contributed by atoms with E-state index in [1.807, 2.05) is 29.7 Å². The van der Waals surface area contributed by atoms with E-state index >= 15 is 0 Å². The summed E-state index contributed by atoms with van der Waals surface area (Å²) in [6.45, 7) is 1.80. The molecule has 3 heterocycles. The maximum Gasteiger partial charge on any atom is 0.237 e. The number of amides is 2. The van der Waals surface area contributed by atoms with Gasteiger partial charge >= 0.3 is 0 Å². The average molecular weight is 501 g/mol. The Balaban J connectivity index is 1.17. The van der Waals surface area contributed by atoms with Crippen molar-refractivity contribution in [3.63, 3.8) is 0 Å². The van der Waals surface area contributed by atoms with Gasteiger partial charge in [-0.25, -0.2) is 4.39 Å². The molecule has 0 aliphatic carbocycles. The molecule has 5 rings (SSSR count). The van der Waals surface area contributed by atoms with E-state index in [1.54, 1.807) is 18.2 Å². The van der Waals surface area contributed by atoms with Crippen molar-refractivity contribution >= 4 is 40.8 Å². The van der Waals surface area contributed by atoms with Gasteiger partial charge in [0.1, 0.15) is 17.4 Å². The molecule has 3 aliphatic rings. The minimum atomic E-state index is -0.349. The van der Waals surface area contributed by atoms with Crippen molar-refractivity contribution in [2.45, 2.75) is 37.0 Å². The van der Waals surface area contributed by atoms with Crippen molar-refractivity contribution in [2.75, 3.05) is 13.1 Å². The molecule has 3 aliphatic heterocycles. The molecule has 2 saturated heterocycles. The fourth-order valence-corrected chi connectivity index (χ4v) is 6.16. The molecule has 2 aromatic carbocycles. The SMILES string of the molecule is O=C(NCc1cccc(Cl)c1)C1CCN(C2NC(=O)C3SC=C(c4ccccc4F)C3N2)CC1. The predicted molar refractivity (Wildman–Crippen MR) is 132 cm³/mol. The molecule has 6 nitrogen and oxygen atoms in total. The lowest BCUT2D eigenvalue weighted by molar-refractivity contribution is -0.129. The molecule has 2 fully saturated rings. The number of carbonyl (C=O) groups is 2. The van der Waals surface area contributed by atoms with Crippen LogP contribution < -0.4 is 16.0 Å². The van der Waals surface area contributed by atoms with Gasteiger partial charge in [0, 0.05) is 36.1 Å². The van der Waals surface area contributed by atoms with E-state index in [1.165, 1.54) is 17.8 Å². The van der Waals surface area contributed by atoms with Crippen LogP contribution in [0.3, 0.4) is 0 Å². The van der Waals surface area contributed by atoms with Gasteiger partial charge in [-0.2, -0.15) is 0 Å². The van der Waals surface area contributed by atoms with Gasteiger partial charge in [0.15, 0.2) is 0 Å². The zero-order valence-electron chi connectivity index (χ0n) is 18.5. The standard InChI is InChI=1S/C25H26ClFN4O2S/c26-17-5-3-4-15(12-17)13-28-23(32)16-8-10-31(11-9-16)25-29-21-19(14-34-22(21)24(33)30-25)18-6-1-2-7-20(18)27/h1-7,12,14,16,21-22,25,29H,8-11,13H2,(H,28,32)(H,30,33). The quantitative estimate of drug-likeness (QED) is 0.587. The van der Waals surface area contributed by atoms with Gasteiger partial charge in [0.2, 0.25) is 11.8 Å². The number of carbonyl (C=O) groups excluding carboxylic acids is 2. The molecule has 3 unspecified atom stereocenters. The first kappa shape index (κ1) is 23.4. The average Bonchev–Trinajstić information content (AvgIpc) is 3.27. The summed E-state index contributed by atoms with van der Waals surface area (Å²) in [6, 6.07) is 13.9. The van der Waals surface area contributed by atoms with Crippen LogP contribution in [0.25, 0.3) is 5.57 Å². The van der Waals surface area contributed by atoms with Crippen LogP contribution >= 0.6 is 23.4 Å². The van der Waals surface area contributed by atoms with Crippen LogP contribution in [0, 0.1) is 11.7 Å². The topological polar surface area (TPSA) is 73.5 Å². The van der Waals surface area contributed by atoms with Crippen LogP contribution in [0.2, 0.25) is 5.02 Å². The number of fused-ring (bicyclic) bond motifs is 1. The van der Waals surface area contributed by atoms with Gasteiger partial charge in [-0.05, 0) is 47.6 Å². The van der Waals surface area contributed by atoms with E-state index in [-0.39, 0.29) is 41.1 Å². The van der Waals surface area contributed by atoms with Crippen LogP contribution in [0.1, 0.15) is 24.0 Å². The van der Waals surface area contributed by atoms with Crippen molar-refractivity contribution in [1.82, 2.24) is 20.9 Å². The van der Waals surface area contributed by atoms with Crippen molar-refractivity contribution in [1.29, 1.82) is 0 Å². The van der Waals surface area contributed by atoms with Crippen LogP contribution in [0.15, 0.2) is 53.9 Å². The number of piperidine rings is 1. The van der Waals surface area contributed by atoms with Gasteiger partial charge < -0.3 is 10.6 Å². The van der Waals surface area contributed by atoms with Gasteiger partial charge in [-0.3, -0.25) is 19.8 Å². The Hall–Kier alpha value is -2.39. The number of rotatable bonds is 5. The Morgan fingerprint density at radius 2 is 1.97 bits per heavy atom. The van der Waals surface area contributed by atoms with Gasteiger partial charge in [0.05, 0.1) is 6.04 Å². The molecule has 2 amide bonds. The van der Waals surface area contributed by atoms with Gasteiger partial charge in [-0.15, -0.1) is 11.8 Å². The monoisotopic (exact) mass is 500 g/mol. The molecule has 0 saturated carbocycles. The highest BCUT2D eigenvalue weighted by Gasteiger charge is 2.44. The Bertz CT molecular complexity index is 1120. The molecule has 0 spiro atoms. The number of likely N-dealkylation sites (tertiary alicyclic amines) is 1. The molecular weight excluding hydrogens is 475 g/mol. The third kappa shape index (κ3) is 4.86. The highest BCUT2D eigenvalue weighted by Crippen LogP contribution is 2.39. The van der Waals surface area contributed by atoms with Crippen LogP contribution in [-0.2, 0) is 16.1 Å². The largest absolute Gasteiger partial charge is 0.352 e. The van der Waals surface area contributed by atoms with E-state index in [9.17, 15) is 14.0 Å². The zero-order chi connectivity index (χ0) is 23.7. The predicted octanol–water partition coefficient (Wildman–Crippen LogP) is 3.34. The number of hydrogen-bond acceptors (Lipinski definition) is 5. The van der Waals surface area contributed by atoms with Gasteiger partial charge in [-0.1, -0.05) is 41.9 Å². The van der Waals surface area contributed by atoms with Crippen molar-refractivity contribution in [3.05, 3.63) is 75.9 Å². The summed E-state index contributed by atoms with van der Waals surface area (Å²) in [5.41, 5.74) is 2.30. The first-order valence-corrected chi connectivity index (χ1v) is 12.7. The van der Waals surface area contributed by atoms with Gasteiger partial charge in [0.25, 0.3) is 0 Å². The molecule has 2 aromatic rings. The Morgan fingerprint density at radius 1 is 1.18 bits per heavy atom. The molecule has 0 aromatic heterocycles. The molecule has 178 valence electrons. The molecule has 0 radical (unpaired) electrons. The van der Waals surface area contributed by atoms with Crippen molar-refractivity contribution in [3.8, 4) is 0 Å². The summed E-state index contributed by atoms with van der Waals surface area (Å²) in [4.78, 5) is 27.6. The Labute approximate surface area is 207 Å². The lowest BCUT2D eigenvalue weighted by Gasteiger charge is -2.43. The Kier molecular flexibility index (Phi) is 6.92. The highest BCUT2D eigenvalue weighted by atomic mass is 35.5. The summed E-state index contributed by atoms with van der Waals surface area (Å²) in [5, 5.41) is 11.8. The number of nitrogens with one attached hydrogen (secondary N) is 3. The zero-order valence-corrected chi connectivity index (χ0v) is 20.0. The third-order valence-electron chi connectivity index (χ3n) is 6.66. The smallest absolute Gasteiger partial charge is 0.237 e. The molecule has 3 N–H and O–H groups in total. The number of halogens is 2. The number of thioether (sulfide) groups is 1. The van der Waals surface area contributed by atoms with E-state index < -0.39 is 0 Å². The lowest BCUT2D eigenvalue weighted by Crippen LogP contribution is -2.68. The number of hydrogen-bond donors (Lipinski definition) is 3. The molecular formula is C25H26ClFN4O2S. The van der Waals surface area contributed by atoms with E-state index in [0.717, 1.165) is 11.1 Å². The van der Waals surface area contributed by atoms with E-state index in [4.69, 9.17) is 11.6 Å². The van der Waals surface area contributed by atoms with Crippen molar-refractivity contribution < 1.29 is 14.0 Å². The van der Waals surface area contributed by atoms with Crippen molar-refractivity contribution in [2.24, 2.45) is 5.92 Å². The fraction of sp³-hybridized carbons (Fsp3) is 0.360. The normalized spacial score (nSPS) is 25.4. The van der Waals surface area contributed by atoms with E-state index in [0.29, 0.717) is 43.1 Å². The number of benzene rings is 2. The van der Waals surface area contributed by atoms with Crippen LogP contribution in [-0.4, -0.2) is 47.4 Å². The summed E-state index contributed by atoms with van der Waals surface area (Å²) in [6.07, 6.45) is 1.06. The summed E-state index contributed by atoms with van der Waals surface area (Å²) in [5.74, 6) is -0.373. The second-order valence-electron chi connectivity index (χ2n) is 8.82. The fourth-order valence-electron chi connectivity index (χ4n) is 4.80. The first-order valence-electron chi connectivity index (χ1n) is 11.4.